The molecule has 5 nitrogen and oxygen atoms in total. The molecule has 1 heterocycles. The van der Waals surface area contributed by atoms with Gasteiger partial charge in [0.25, 0.3) is 0 Å². The monoisotopic (exact) mass is 232 g/mol. The van der Waals surface area contributed by atoms with Crippen molar-refractivity contribution in [2.75, 3.05) is 18.2 Å². The highest BCUT2D eigenvalue weighted by Gasteiger charge is 2.01. The normalized spacial score (nSPS) is 10.2. The number of nitrogens with one attached hydrogen (secondary N) is 1. The van der Waals surface area contributed by atoms with Gasteiger partial charge in [-0.05, 0) is 12.1 Å². The Morgan fingerprint density at radius 1 is 1.41 bits per heavy atom. The molecule has 0 aliphatic carbocycles. The van der Waals surface area contributed by atoms with E-state index in [-0.39, 0.29) is 0 Å². The minimum atomic E-state index is 0.678. The zero-order valence-electron chi connectivity index (χ0n) is 9.97. The van der Waals surface area contributed by atoms with Crippen molar-refractivity contribution < 1.29 is 4.74 Å². The van der Waals surface area contributed by atoms with Crippen LogP contribution < -0.4 is 15.8 Å². The molecule has 0 aliphatic heterocycles. The zero-order chi connectivity index (χ0) is 12.3. The third-order valence-electron chi connectivity index (χ3n) is 2.56. The predicted molar refractivity (Wildman–Crippen MR) is 67.9 cm³/mol. The summed E-state index contributed by atoms with van der Waals surface area (Å²) in [6.07, 6.45) is 1.77. The number of nitrogen functional groups attached to an aromatic ring is 1. The van der Waals surface area contributed by atoms with Gasteiger partial charge in [-0.25, -0.2) is 0 Å². The third-order valence-corrected chi connectivity index (χ3v) is 2.56. The molecule has 2 aromatic rings. The van der Waals surface area contributed by atoms with Crippen molar-refractivity contribution in [1.82, 2.24) is 9.78 Å². The Balaban J connectivity index is 2.09. The van der Waals surface area contributed by atoms with Crippen LogP contribution in [0.2, 0.25) is 0 Å². The number of hydrogen-bond donors (Lipinski definition) is 2. The van der Waals surface area contributed by atoms with Crippen LogP contribution >= 0.6 is 0 Å². The number of hydrogen-bond acceptors (Lipinski definition) is 4. The van der Waals surface area contributed by atoms with Gasteiger partial charge in [-0.2, -0.15) is 5.10 Å². The first-order chi connectivity index (χ1) is 8.19. The van der Waals surface area contributed by atoms with Crippen molar-refractivity contribution in [3.63, 3.8) is 0 Å². The minimum absolute atomic E-state index is 0.678. The highest BCUT2D eigenvalue weighted by atomic mass is 16.5. The second kappa shape index (κ2) is 4.78. The van der Waals surface area contributed by atoms with Crippen LogP contribution in [0.5, 0.6) is 5.75 Å². The van der Waals surface area contributed by atoms with Crippen LogP contribution in [0, 0.1) is 0 Å². The molecule has 0 aliphatic rings. The van der Waals surface area contributed by atoms with Crippen LogP contribution in [0.1, 0.15) is 5.69 Å². The molecule has 0 unspecified atom stereocenters. The number of nitrogens with two attached hydrogens (primary N) is 1. The number of rotatable bonds is 4. The summed E-state index contributed by atoms with van der Waals surface area (Å²) in [6, 6.07) is 7.54. The van der Waals surface area contributed by atoms with E-state index in [2.05, 4.69) is 10.4 Å². The van der Waals surface area contributed by atoms with E-state index in [0.717, 1.165) is 17.1 Å². The van der Waals surface area contributed by atoms with Gasteiger partial charge in [-0.15, -0.1) is 0 Å². The van der Waals surface area contributed by atoms with Crippen LogP contribution in [0.25, 0.3) is 0 Å². The fraction of sp³-hybridized carbons (Fsp3) is 0.250. The van der Waals surface area contributed by atoms with E-state index in [4.69, 9.17) is 10.5 Å². The molecule has 1 aromatic carbocycles. The molecular formula is C12H16N4O. The van der Waals surface area contributed by atoms with E-state index in [9.17, 15) is 0 Å². The molecule has 0 radical (unpaired) electrons. The standard InChI is InChI=1S/C12H16N4O/c1-16-11(3-4-15-16)8-14-10-5-9(13)6-12(7-10)17-2/h3-7,14H,8,13H2,1-2H3. The van der Waals surface area contributed by atoms with Crippen LogP contribution in [-0.4, -0.2) is 16.9 Å². The fourth-order valence-corrected chi connectivity index (χ4v) is 1.61. The number of anilines is 2. The first kappa shape index (κ1) is 11.3. The van der Waals surface area contributed by atoms with Crippen molar-refractivity contribution in [1.29, 1.82) is 0 Å². The number of nitrogens with zero attached hydrogens (tertiary/aromatic N) is 2. The van der Waals surface area contributed by atoms with E-state index in [0.29, 0.717) is 12.2 Å². The van der Waals surface area contributed by atoms with Gasteiger partial charge < -0.3 is 15.8 Å². The van der Waals surface area contributed by atoms with Gasteiger partial charge in [-0.1, -0.05) is 0 Å². The number of methoxy groups -OCH3 is 1. The largest absolute Gasteiger partial charge is 0.497 e. The predicted octanol–water partition coefficient (Wildman–Crippen LogP) is 1.62. The maximum absolute atomic E-state index is 5.78. The van der Waals surface area contributed by atoms with Crippen molar-refractivity contribution >= 4 is 11.4 Å². The van der Waals surface area contributed by atoms with Gasteiger partial charge in [0.15, 0.2) is 0 Å². The van der Waals surface area contributed by atoms with Gasteiger partial charge in [0.1, 0.15) is 5.75 Å². The highest BCUT2D eigenvalue weighted by Crippen LogP contribution is 2.22. The summed E-state index contributed by atoms with van der Waals surface area (Å²) in [5.74, 6) is 0.748. The average molecular weight is 232 g/mol. The first-order valence-electron chi connectivity index (χ1n) is 5.34. The molecule has 0 bridgehead atoms. The topological polar surface area (TPSA) is 65.1 Å². The summed E-state index contributed by atoms with van der Waals surface area (Å²) < 4.78 is 6.99. The lowest BCUT2D eigenvalue weighted by molar-refractivity contribution is 0.415. The summed E-state index contributed by atoms with van der Waals surface area (Å²) in [6.45, 7) is 0.698. The molecule has 2 rings (SSSR count). The third kappa shape index (κ3) is 2.69. The van der Waals surface area contributed by atoms with Crippen molar-refractivity contribution in [3.05, 3.63) is 36.2 Å². The summed E-state index contributed by atoms with van der Waals surface area (Å²) in [7, 11) is 3.54. The van der Waals surface area contributed by atoms with E-state index in [1.54, 1.807) is 19.4 Å². The lowest BCUT2D eigenvalue weighted by Gasteiger charge is -2.09. The number of aryl methyl sites for hydroxylation is 1. The Morgan fingerprint density at radius 3 is 2.88 bits per heavy atom. The lowest BCUT2D eigenvalue weighted by Crippen LogP contribution is -2.05. The van der Waals surface area contributed by atoms with E-state index >= 15 is 0 Å². The Kier molecular flexibility index (Phi) is 3.18. The Labute approximate surface area is 100 Å². The van der Waals surface area contributed by atoms with Crippen molar-refractivity contribution in [2.45, 2.75) is 6.54 Å². The van der Waals surface area contributed by atoms with Crippen LogP contribution in [0.4, 0.5) is 11.4 Å². The number of ether oxygens (including phenoxy) is 1. The zero-order valence-corrected chi connectivity index (χ0v) is 9.97. The average Bonchev–Trinajstić information content (AvgIpc) is 2.71. The maximum Gasteiger partial charge on any atom is 0.122 e. The van der Waals surface area contributed by atoms with E-state index in [1.165, 1.54) is 0 Å². The Hall–Kier alpha value is -2.17. The van der Waals surface area contributed by atoms with Crippen LogP contribution in [0.3, 0.4) is 0 Å². The van der Waals surface area contributed by atoms with Crippen LogP contribution in [0.15, 0.2) is 30.5 Å². The molecule has 0 amide bonds. The summed E-state index contributed by atoms with van der Waals surface area (Å²) in [4.78, 5) is 0. The molecule has 0 saturated carbocycles. The minimum Gasteiger partial charge on any atom is -0.497 e. The molecule has 17 heavy (non-hydrogen) atoms. The molecule has 0 spiro atoms. The van der Waals surface area contributed by atoms with Crippen LogP contribution in [-0.2, 0) is 13.6 Å². The molecule has 0 atom stereocenters. The number of aromatic nitrogens is 2. The molecule has 0 fully saturated rings. The first-order valence-corrected chi connectivity index (χ1v) is 5.34. The maximum atomic E-state index is 5.78. The van der Waals surface area contributed by atoms with Gasteiger partial charge in [0, 0.05) is 36.8 Å². The molecule has 3 N–H and O–H groups in total. The van der Waals surface area contributed by atoms with E-state index < -0.39 is 0 Å². The van der Waals surface area contributed by atoms with Crippen molar-refractivity contribution in [2.24, 2.45) is 7.05 Å². The quantitative estimate of drug-likeness (QED) is 0.786. The van der Waals surface area contributed by atoms with Gasteiger partial charge >= 0.3 is 0 Å². The summed E-state index contributed by atoms with van der Waals surface area (Å²) in [5, 5.41) is 7.39. The second-order valence-corrected chi connectivity index (χ2v) is 3.79. The summed E-state index contributed by atoms with van der Waals surface area (Å²) >= 11 is 0. The Morgan fingerprint density at radius 2 is 2.24 bits per heavy atom. The second-order valence-electron chi connectivity index (χ2n) is 3.79. The molecule has 0 saturated heterocycles. The molecule has 1 aromatic heterocycles. The Bertz CT molecular complexity index is 507. The fourth-order valence-electron chi connectivity index (χ4n) is 1.61. The van der Waals surface area contributed by atoms with Gasteiger partial charge in [0.05, 0.1) is 19.3 Å². The molecule has 5 heteroatoms. The smallest absolute Gasteiger partial charge is 0.122 e. The molecule has 90 valence electrons. The highest BCUT2D eigenvalue weighted by molar-refractivity contribution is 5.59. The SMILES string of the molecule is COc1cc(N)cc(NCc2ccnn2C)c1. The summed E-state index contributed by atoms with van der Waals surface area (Å²) in [5.41, 5.74) is 8.49. The molecular weight excluding hydrogens is 216 g/mol. The number of benzene rings is 1. The van der Waals surface area contributed by atoms with Gasteiger partial charge in [0.2, 0.25) is 0 Å². The lowest BCUT2D eigenvalue weighted by atomic mass is 10.2. The van der Waals surface area contributed by atoms with Crippen molar-refractivity contribution in [3.8, 4) is 5.75 Å². The van der Waals surface area contributed by atoms with Gasteiger partial charge in [-0.3, -0.25) is 4.68 Å². The van der Waals surface area contributed by atoms with E-state index in [1.807, 2.05) is 29.9 Å².